The summed E-state index contributed by atoms with van der Waals surface area (Å²) in [4.78, 5) is 3.69. The van der Waals surface area contributed by atoms with Gasteiger partial charge in [-0.2, -0.15) is 18.4 Å². The number of rotatable bonds is 2. The highest BCUT2D eigenvalue weighted by atomic mass is 35.5. The number of nitriles is 1. The Labute approximate surface area is 124 Å². The van der Waals surface area contributed by atoms with Crippen molar-refractivity contribution in [3.05, 3.63) is 64.4 Å². The third-order valence-corrected chi connectivity index (χ3v) is 2.92. The van der Waals surface area contributed by atoms with Gasteiger partial charge in [0.15, 0.2) is 0 Å². The average Bonchev–Trinajstić information content (AvgIpc) is 2.46. The van der Waals surface area contributed by atoms with Crippen molar-refractivity contribution in [1.82, 2.24) is 4.98 Å². The number of aromatic nitrogens is 1. The van der Waals surface area contributed by atoms with E-state index in [1.807, 2.05) is 6.07 Å². The summed E-state index contributed by atoms with van der Waals surface area (Å²) < 4.78 is 37.4. The summed E-state index contributed by atoms with van der Waals surface area (Å²) in [6, 6.07) is 10.7. The molecule has 0 fully saturated rings. The molecule has 0 spiro atoms. The Hall–Kier alpha value is -2.32. The van der Waals surface area contributed by atoms with E-state index in [-0.39, 0.29) is 11.3 Å². The number of halogens is 4. The van der Waals surface area contributed by atoms with Gasteiger partial charge >= 0.3 is 6.18 Å². The Morgan fingerprint density at radius 3 is 2.29 bits per heavy atom. The molecule has 1 aromatic carbocycles. The molecule has 0 unspecified atom stereocenters. The highest BCUT2D eigenvalue weighted by Gasteiger charge is 2.30. The minimum atomic E-state index is -4.45. The molecule has 0 bridgehead atoms. The van der Waals surface area contributed by atoms with Gasteiger partial charge < -0.3 is 0 Å². The number of pyridine rings is 1. The molecule has 0 saturated carbocycles. The zero-order valence-electron chi connectivity index (χ0n) is 10.5. The molecule has 21 heavy (non-hydrogen) atoms. The lowest BCUT2D eigenvalue weighted by atomic mass is 10.1. The van der Waals surface area contributed by atoms with Gasteiger partial charge in [-0.3, -0.25) is 4.98 Å². The third kappa shape index (κ3) is 3.83. The van der Waals surface area contributed by atoms with E-state index in [0.29, 0.717) is 16.8 Å². The predicted octanol–water partition coefficient (Wildman–Crippen LogP) is 4.82. The van der Waals surface area contributed by atoms with Crippen molar-refractivity contribution in [2.24, 2.45) is 0 Å². The minimum absolute atomic E-state index is 0.172. The number of hydrogen-bond acceptors (Lipinski definition) is 2. The first-order valence-electron chi connectivity index (χ1n) is 5.81. The SMILES string of the molecule is N#C/C(=C\c1ccc(Cl)cc1)c1ccc(C(F)(F)F)cn1. The van der Waals surface area contributed by atoms with Crippen molar-refractivity contribution in [3.8, 4) is 6.07 Å². The van der Waals surface area contributed by atoms with Gasteiger partial charge in [-0.1, -0.05) is 23.7 Å². The van der Waals surface area contributed by atoms with Crippen LogP contribution in [0.15, 0.2) is 42.6 Å². The molecule has 1 aromatic heterocycles. The Balaban J connectivity index is 2.34. The van der Waals surface area contributed by atoms with Crippen LogP contribution in [0.4, 0.5) is 13.2 Å². The molecule has 2 aromatic rings. The maximum atomic E-state index is 12.5. The van der Waals surface area contributed by atoms with E-state index in [4.69, 9.17) is 16.9 Å². The van der Waals surface area contributed by atoms with E-state index in [9.17, 15) is 13.2 Å². The lowest BCUT2D eigenvalue weighted by Gasteiger charge is -2.06. The molecule has 0 radical (unpaired) electrons. The summed E-state index contributed by atoms with van der Waals surface area (Å²) in [5.74, 6) is 0. The largest absolute Gasteiger partial charge is 0.417 e. The lowest BCUT2D eigenvalue weighted by molar-refractivity contribution is -0.137. The molecule has 106 valence electrons. The molecular weight excluding hydrogens is 301 g/mol. The second-order valence-corrected chi connectivity index (χ2v) is 4.59. The van der Waals surface area contributed by atoms with Gasteiger partial charge in [0.2, 0.25) is 0 Å². The summed E-state index contributed by atoms with van der Waals surface area (Å²) in [6.45, 7) is 0. The number of allylic oxidation sites excluding steroid dienone is 1. The van der Waals surface area contributed by atoms with E-state index in [0.717, 1.165) is 6.07 Å². The van der Waals surface area contributed by atoms with E-state index in [2.05, 4.69) is 4.98 Å². The van der Waals surface area contributed by atoms with Gasteiger partial charge in [-0.25, -0.2) is 0 Å². The minimum Gasteiger partial charge on any atom is -0.255 e. The molecule has 1 heterocycles. The van der Waals surface area contributed by atoms with Crippen LogP contribution in [0.3, 0.4) is 0 Å². The van der Waals surface area contributed by atoms with Crippen molar-refractivity contribution in [2.75, 3.05) is 0 Å². The van der Waals surface area contributed by atoms with Crippen molar-refractivity contribution in [1.29, 1.82) is 5.26 Å². The van der Waals surface area contributed by atoms with Crippen molar-refractivity contribution < 1.29 is 13.2 Å². The zero-order chi connectivity index (χ0) is 15.5. The normalized spacial score (nSPS) is 12.0. The van der Waals surface area contributed by atoms with E-state index >= 15 is 0 Å². The molecule has 0 aliphatic rings. The second-order valence-electron chi connectivity index (χ2n) is 4.15. The molecule has 0 atom stereocenters. The quantitative estimate of drug-likeness (QED) is 0.746. The van der Waals surface area contributed by atoms with Crippen LogP contribution in [0.25, 0.3) is 11.6 Å². The van der Waals surface area contributed by atoms with Gasteiger partial charge in [0, 0.05) is 11.2 Å². The monoisotopic (exact) mass is 308 g/mol. The standard InChI is InChI=1S/C15H8ClF3N2/c16-13-4-1-10(2-5-13)7-11(8-20)14-6-3-12(9-21-14)15(17,18)19/h1-7,9H/b11-7+. The van der Waals surface area contributed by atoms with Gasteiger partial charge in [-0.05, 0) is 35.9 Å². The Kier molecular flexibility index (Phi) is 4.29. The smallest absolute Gasteiger partial charge is 0.255 e. The van der Waals surface area contributed by atoms with Gasteiger partial charge in [0.1, 0.15) is 6.07 Å². The first-order valence-corrected chi connectivity index (χ1v) is 6.19. The fourth-order valence-electron chi connectivity index (χ4n) is 1.61. The third-order valence-electron chi connectivity index (χ3n) is 2.67. The topological polar surface area (TPSA) is 36.7 Å². The summed E-state index contributed by atoms with van der Waals surface area (Å²) in [7, 11) is 0. The Morgan fingerprint density at radius 1 is 1.14 bits per heavy atom. The van der Waals surface area contributed by atoms with E-state index < -0.39 is 11.7 Å². The van der Waals surface area contributed by atoms with Gasteiger partial charge in [0.25, 0.3) is 0 Å². The molecule has 6 heteroatoms. The number of benzene rings is 1. The van der Waals surface area contributed by atoms with Gasteiger partial charge in [-0.15, -0.1) is 0 Å². The lowest BCUT2D eigenvalue weighted by Crippen LogP contribution is -2.05. The number of hydrogen-bond donors (Lipinski definition) is 0. The second kappa shape index (κ2) is 5.98. The molecule has 0 amide bonds. The van der Waals surface area contributed by atoms with Crippen LogP contribution in [0.5, 0.6) is 0 Å². The van der Waals surface area contributed by atoms with E-state index in [1.54, 1.807) is 24.3 Å². The Morgan fingerprint density at radius 2 is 1.81 bits per heavy atom. The fourth-order valence-corrected chi connectivity index (χ4v) is 1.74. The van der Waals surface area contributed by atoms with Crippen LogP contribution in [-0.2, 0) is 6.18 Å². The van der Waals surface area contributed by atoms with Crippen LogP contribution < -0.4 is 0 Å². The first-order chi connectivity index (χ1) is 9.90. The maximum absolute atomic E-state index is 12.5. The molecule has 2 rings (SSSR count). The average molecular weight is 309 g/mol. The van der Waals surface area contributed by atoms with E-state index in [1.165, 1.54) is 12.1 Å². The van der Waals surface area contributed by atoms with Crippen molar-refractivity contribution in [3.63, 3.8) is 0 Å². The highest BCUT2D eigenvalue weighted by molar-refractivity contribution is 6.30. The number of alkyl halides is 3. The fraction of sp³-hybridized carbons (Fsp3) is 0.0667. The number of nitrogens with zero attached hydrogens (tertiary/aromatic N) is 2. The predicted molar refractivity (Wildman–Crippen MR) is 74.2 cm³/mol. The van der Waals surface area contributed by atoms with Crippen LogP contribution in [-0.4, -0.2) is 4.98 Å². The molecule has 0 saturated heterocycles. The van der Waals surface area contributed by atoms with Crippen molar-refractivity contribution >= 4 is 23.3 Å². The molecule has 0 N–H and O–H groups in total. The van der Waals surface area contributed by atoms with Gasteiger partial charge in [0.05, 0.1) is 16.8 Å². The summed E-state index contributed by atoms with van der Waals surface area (Å²) in [6.07, 6.45) is -2.20. The first kappa shape index (κ1) is 15.1. The molecule has 0 aliphatic carbocycles. The van der Waals surface area contributed by atoms with Crippen LogP contribution in [0.1, 0.15) is 16.8 Å². The molecule has 0 aliphatic heterocycles. The maximum Gasteiger partial charge on any atom is 0.417 e. The van der Waals surface area contributed by atoms with Crippen LogP contribution >= 0.6 is 11.6 Å². The Bertz CT molecular complexity index is 696. The summed E-state index contributed by atoms with van der Waals surface area (Å²) >= 11 is 5.75. The van der Waals surface area contributed by atoms with Crippen LogP contribution in [0, 0.1) is 11.3 Å². The molecule has 2 nitrogen and oxygen atoms in total. The zero-order valence-corrected chi connectivity index (χ0v) is 11.3. The highest BCUT2D eigenvalue weighted by Crippen LogP contribution is 2.29. The van der Waals surface area contributed by atoms with Crippen LogP contribution in [0.2, 0.25) is 5.02 Å². The molecular formula is C15H8ClF3N2. The summed E-state index contributed by atoms with van der Waals surface area (Å²) in [5.41, 5.74) is 0.208. The summed E-state index contributed by atoms with van der Waals surface area (Å²) in [5, 5.41) is 9.67. The van der Waals surface area contributed by atoms with Crippen molar-refractivity contribution in [2.45, 2.75) is 6.18 Å².